The first-order chi connectivity index (χ1) is 14.1. The van der Waals surface area contributed by atoms with Gasteiger partial charge < -0.3 is 9.64 Å². The Kier molecular flexibility index (Phi) is 8.26. The van der Waals surface area contributed by atoms with Crippen molar-refractivity contribution < 1.29 is 19.1 Å². The molecule has 0 bridgehead atoms. The van der Waals surface area contributed by atoms with Gasteiger partial charge in [-0.1, -0.05) is 62.4 Å². The number of esters is 1. The predicted octanol–water partition coefficient (Wildman–Crippen LogP) is 4.08. The lowest BCUT2D eigenvalue weighted by Crippen LogP contribution is -2.44. The van der Waals surface area contributed by atoms with E-state index in [-0.39, 0.29) is 11.8 Å². The van der Waals surface area contributed by atoms with Crippen LogP contribution < -0.4 is 0 Å². The summed E-state index contributed by atoms with van der Waals surface area (Å²) in [4.78, 5) is 39.0. The van der Waals surface area contributed by atoms with Crippen LogP contribution in [-0.4, -0.2) is 41.8 Å². The number of carbonyl (C=O) groups excluding carboxylic acids is 3. The van der Waals surface area contributed by atoms with E-state index >= 15 is 0 Å². The second-order valence-corrected chi connectivity index (χ2v) is 8.38. The minimum absolute atomic E-state index is 0.304. The number of likely N-dealkylation sites (tertiary alicyclic amines) is 1. The van der Waals surface area contributed by atoms with Gasteiger partial charge in [-0.3, -0.25) is 9.59 Å². The normalized spacial score (nSPS) is 19.9. The summed E-state index contributed by atoms with van der Waals surface area (Å²) < 4.78 is 5.42. The van der Waals surface area contributed by atoms with Crippen molar-refractivity contribution >= 4 is 17.7 Å². The molecule has 0 N–H and O–H groups in total. The van der Waals surface area contributed by atoms with Gasteiger partial charge in [0, 0.05) is 13.0 Å². The molecule has 2 aliphatic rings. The van der Waals surface area contributed by atoms with Gasteiger partial charge in [0.25, 0.3) is 5.91 Å². The SMILES string of the molecule is O=C(CCC1CCCCC1)C(=O)N1CCCC1C(=O)OCCCc1ccccc1. The highest BCUT2D eigenvalue weighted by atomic mass is 16.5. The molecule has 158 valence electrons. The third-order valence-corrected chi connectivity index (χ3v) is 6.23. The van der Waals surface area contributed by atoms with Crippen molar-refractivity contribution in [3.05, 3.63) is 35.9 Å². The molecule has 0 spiro atoms. The van der Waals surface area contributed by atoms with E-state index in [0.29, 0.717) is 31.9 Å². The Balaban J connectivity index is 1.40. The molecule has 1 saturated heterocycles. The van der Waals surface area contributed by atoms with E-state index in [1.54, 1.807) is 0 Å². The maximum Gasteiger partial charge on any atom is 0.328 e. The molecule has 2 fully saturated rings. The van der Waals surface area contributed by atoms with E-state index in [2.05, 4.69) is 12.1 Å². The van der Waals surface area contributed by atoms with Crippen LogP contribution in [0.5, 0.6) is 0 Å². The zero-order valence-corrected chi connectivity index (χ0v) is 17.3. The molecule has 1 aromatic carbocycles. The second kappa shape index (κ2) is 11.1. The molecule has 1 atom stereocenters. The molecule has 0 radical (unpaired) electrons. The predicted molar refractivity (Wildman–Crippen MR) is 111 cm³/mol. The van der Waals surface area contributed by atoms with Crippen LogP contribution in [0.2, 0.25) is 0 Å². The van der Waals surface area contributed by atoms with Gasteiger partial charge in [0.1, 0.15) is 6.04 Å². The van der Waals surface area contributed by atoms with Crippen molar-refractivity contribution in [2.75, 3.05) is 13.2 Å². The Morgan fingerprint density at radius 3 is 2.48 bits per heavy atom. The minimum atomic E-state index is -0.599. The molecule has 1 amide bonds. The lowest BCUT2D eigenvalue weighted by Gasteiger charge is -2.24. The van der Waals surface area contributed by atoms with Gasteiger partial charge in [-0.2, -0.15) is 0 Å². The van der Waals surface area contributed by atoms with E-state index in [1.165, 1.54) is 42.6 Å². The molecule has 1 saturated carbocycles. The molecule has 29 heavy (non-hydrogen) atoms. The highest BCUT2D eigenvalue weighted by Gasteiger charge is 2.37. The largest absolute Gasteiger partial charge is 0.464 e. The minimum Gasteiger partial charge on any atom is -0.464 e. The summed E-state index contributed by atoms with van der Waals surface area (Å²) in [7, 11) is 0. The van der Waals surface area contributed by atoms with E-state index < -0.39 is 11.9 Å². The van der Waals surface area contributed by atoms with Crippen molar-refractivity contribution in [1.82, 2.24) is 4.90 Å². The summed E-state index contributed by atoms with van der Waals surface area (Å²) in [6.07, 6.45) is 10.1. The molecule has 5 heteroatoms. The van der Waals surface area contributed by atoms with Gasteiger partial charge in [0.15, 0.2) is 0 Å². The van der Waals surface area contributed by atoms with Crippen LogP contribution in [0, 0.1) is 5.92 Å². The van der Waals surface area contributed by atoms with Gasteiger partial charge in [-0.15, -0.1) is 0 Å². The first-order valence-corrected chi connectivity index (χ1v) is 11.2. The molecular weight excluding hydrogens is 366 g/mol. The monoisotopic (exact) mass is 399 g/mol. The smallest absolute Gasteiger partial charge is 0.328 e. The van der Waals surface area contributed by atoms with E-state index in [1.807, 2.05) is 18.2 Å². The number of Topliss-reactive ketones (excluding diaryl/α,β-unsaturated/α-hetero) is 1. The van der Waals surface area contributed by atoms with Gasteiger partial charge in [-0.25, -0.2) is 4.79 Å². The van der Waals surface area contributed by atoms with Crippen LogP contribution in [-0.2, 0) is 25.5 Å². The van der Waals surface area contributed by atoms with E-state index in [4.69, 9.17) is 4.74 Å². The third-order valence-electron chi connectivity index (χ3n) is 6.23. The molecule has 1 heterocycles. The van der Waals surface area contributed by atoms with Crippen LogP contribution in [0.3, 0.4) is 0 Å². The Bertz CT molecular complexity index is 681. The summed E-state index contributed by atoms with van der Waals surface area (Å²) in [5.41, 5.74) is 1.21. The quantitative estimate of drug-likeness (QED) is 0.356. The van der Waals surface area contributed by atoms with E-state index in [9.17, 15) is 14.4 Å². The molecule has 3 rings (SSSR count). The highest BCUT2D eigenvalue weighted by Crippen LogP contribution is 2.28. The number of ketones is 1. The van der Waals surface area contributed by atoms with Crippen LogP contribution in [0.4, 0.5) is 0 Å². The lowest BCUT2D eigenvalue weighted by atomic mass is 9.85. The number of carbonyl (C=O) groups is 3. The highest BCUT2D eigenvalue weighted by molar-refractivity contribution is 6.36. The second-order valence-electron chi connectivity index (χ2n) is 8.38. The van der Waals surface area contributed by atoms with Crippen molar-refractivity contribution in [2.45, 2.75) is 76.7 Å². The van der Waals surface area contributed by atoms with Gasteiger partial charge in [0.2, 0.25) is 5.78 Å². The van der Waals surface area contributed by atoms with Crippen LogP contribution >= 0.6 is 0 Å². The number of amides is 1. The van der Waals surface area contributed by atoms with Crippen molar-refractivity contribution in [3.8, 4) is 0 Å². The number of benzene rings is 1. The average molecular weight is 400 g/mol. The number of rotatable bonds is 9. The fraction of sp³-hybridized carbons (Fsp3) is 0.625. The number of hydrogen-bond donors (Lipinski definition) is 0. The number of nitrogens with zero attached hydrogens (tertiary/aromatic N) is 1. The van der Waals surface area contributed by atoms with Crippen LogP contribution in [0.1, 0.15) is 69.8 Å². The van der Waals surface area contributed by atoms with Gasteiger partial charge in [0.05, 0.1) is 6.61 Å². The Morgan fingerprint density at radius 1 is 0.966 bits per heavy atom. The molecule has 5 nitrogen and oxygen atoms in total. The van der Waals surface area contributed by atoms with Gasteiger partial charge >= 0.3 is 5.97 Å². The van der Waals surface area contributed by atoms with E-state index in [0.717, 1.165) is 25.7 Å². The molecule has 0 aromatic heterocycles. The Labute approximate surface area is 173 Å². The zero-order valence-electron chi connectivity index (χ0n) is 17.3. The number of aryl methyl sites for hydroxylation is 1. The molecule has 1 aliphatic carbocycles. The Morgan fingerprint density at radius 2 is 1.72 bits per heavy atom. The summed E-state index contributed by atoms with van der Waals surface area (Å²) in [6, 6.07) is 9.48. The summed E-state index contributed by atoms with van der Waals surface area (Å²) in [6.45, 7) is 0.805. The average Bonchev–Trinajstić information content (AvgIpc) is 3.26. The maximum atomic E-state index is 12.6. The van der Waals surface area contributed by atoms with Crippen molar-refractivity contribution in [1.29, 1.82) is 0 Å². The first kappa shape index (κ1) is 21.5. The summed E-state index contributed by atoms with van der Waals surface area (Å²) in [5, 5.41) is 0. The molecule has 1 unspecified atom stereocenters. The fourth-order valence-electron chi connectivity index (χ4n) is 4.52. The maximum absolute atomic E-state index is 12.6. The first-order valence-electron chi connectivity index (χ1n) is 11.2. The number of hydrogen-bond acceptors (Lipinski definition) is 4. The molecular formula is C24H33NO4. The summed E-state index contributed by atoms with van der Waals surface area (Å²) >= 11 is 0. The summed E-state index contributed by atoms with van der Waals surface area (Å²) in [5.74, 6) is -0.641. The number of ether oxygens (including phenoxy) is 1. The fourth-order valence-corrected chi connectivity index (χ4v) is 4.52. The van der Waals surface area contributed by atoms with Crippen LogP contribution in [0.15, 0.2) is 30.3 Å². The molecule has 1 aliphatic heterocycles. The van der Waals surface area contributed by atoms with Crippen molar-refractivity contribution in [2.24, 2.45) is 5.92 Å². The zero-order chi connectivity index (χ0) is 20.5. The van der Waals surface area contributed by atoms with Crippen LogP contribution in [0.25, 0.3) is 0 Å². The van der Waals surface area contributed by atoms with Crippen molar-refractivity contribution in [3.63, 3.8) is 0 Å². The molecule has 1 aromatic rings. The third kappa shape index (κ3) is 6.41. The standard InChI is InChI=1S/C24H33NO4/c26-22(16-15-20-11-5-2-6-12-20)23(27)25-17-7-14-21(25)24(28)29-18-8-13-19-9-3-1-4-10-19/h1,3-4,9-10,20-21H,2,5-8,11-18H2. The van der Waals surface area contributed by atoms with Gasteiger partial charge in [-0.05, 0) is 43.6 Å². The Hall–Kier alpha value is -2.17. The lowest BCUT2D eigenvalue weighted by molar-refractivity contribution is -0.155. The topological polar surface area (TPSA) is 63.7 Å².